The minimum atomic E-state index is -0.990. The molecule has 0 atom stereocenters. The van der Waals surface area contributed by atoms with E-state index >= 15 is 0 Å². The monoisotopic (exact) mass is 238 g/mol. The lowest BCUT2D eigenvalue weighted by atomic mass is 9.74. The smallest absolute Gasteiger partial charge is 0.356 e. The lowest BCUT2D eigenvalue weighted by Gasteiger charge is -2.34. The van der Waals surface area contributed by atoms with Crippen LogP contribution in [-0.4, -0.2) is 34.8 Å². The Morgan fingerprint density at radius 3 is 2.76 bits per heavy atom. The molecule has 0 unspecified atom stereocenters. The zero-order valence-corrected chi connectivity index (χ0v) is 10.0. The maximum atomic E-state index is 10.8. The van der Waals surface area contributed by atoms with Crippen molar-refractivity contribution in [3.63, 3.8) is 0 Å². The van der Waals surface area contributed by atoms with Gasteiger partial charge in [-0.25, -0.2) is 9.78 Å². The Labute approximate surface area is 100 Å². The molecule has 1 aliphatic rings. The minimum Gasteiger partial charge on any atom is -0.476 e. The van der Waals surface area contributed by atoms with Crippen molar-refractivity contribution in [1.29, 1.82) is 0 Å². The number of aromatic nitrogens is 2. The van der Waals surface area contributed by atoms with Gasteiger partial charge in [0.2, 0.25) is 0 Å². The van der Waals surface area contributed by atoms with Crippen molar-refractivity contribution >= 4 is 5.97 Å². The van der Waals surface area contributed by atoms with Crippen molar-refractivity contribution in [2.45, 2.75) is 37.5 Å². The molecule has 5 heteroatoms. The molecule has 1 aromatic rings. The first kappa shape index (κ1) is 12.1. The Morgan fingerprint density at radius 1 is 1.53 bits per heavy atom. The first-order valence-electron chi connectivity index (χ1n) is 5.96. The SMILES string of the molecule is COCC1(c2nc(C(=O)O)c[nH]2)CCCCC1. The molecular formula is C12H18N2O3. The number of ether oxygens (including phenoxy) is 1. The third kappa shape index (κ3) is 2.34. The summed E-state index contributed by atoms with van der Waals surface area (Å²) in [6.07, 6.45) is 7.00. The number of nitrogens with one attached hydrogen (secondary N) is 1. The van der Waals surface area contributed by atoms with E-state index < -0.39 is 5.97 Å². The van der Waals surface area contributed by atoms with Gasteiger partial charge in [-0.15, -0.1) is 0 Å². The van der Waals surface area contributed by atoms with Gasteiger partial charge in [0.05, 0.1) is 12.0 Å². The van der Waals surface area contributed by atoms with Crippen LogP contribution in [0.15, 0.2) is 6.20 Å². The van der Waals surface area contributed by atoms with Crippen LogP contribution in [0.25, 0.3) is 0 Å². The molecule has 0 spiro atoms. The molecule has 1 aromatic heterocycles. The standard InChI is InChI=1S/C12H18N2O3/c1-17-8-12(5-3-2-4-6-12)11-13-7-9(14-11)10(15)16/h7H,2-6,8H2,1H3,(H,13,14)(H,15,16). The normalized spacial score (nSPS) is 19.1. The average molecular weight is 238 g/mol. The molecule has 1 aliphatic carbocycles. The Morgan fingerprint density at radius 2 is 2.24 bits per heavy atom. The minimum absolute atomic E-state index is 0.0843. The number of aromatic amines is 1. The maximum absolute atomic E-state index is 10.8. The topological polar surface area (TPSA) is 75.2 Å². The Balaban J connectivity index is 2.27. The zero-order chi connectivity index (χ0) is 12.3. The highest BCUT2D eigenvalue weighted by molar-refractivity contribution is 5.85. The van der Waals surface area contributed by atoms with Gasteiger partial charge in [-0.3, -0.25) is 0 Å². The summed E-state index contributed by atoms with van der Waals surface area (Å²) in [5, 5.41) is 8.90. The van der Waals surface area contributed by atoms with Crippen LogP contribution in [0.3, 0.4) is 0 Å². The number of aromatic carboxylic acids is 1. The second-order valence-electron chi connectivity index (χ2n) is 4.71. The van der Waals surface area contributed by atoms with Crippen LogP contribution in [0.5, 0.6) is 0 Å². The summed E-state index contributed by atoms with van der Waals surface area (Å²) < 4.78 is 5.30. The van der Waals surface area contributed by atoms with E-state index in [2.05, 4.69) is 9.97 Å². The summed E-state index contributed by atoms with van der Waals surface area (Å²) >= 11 is 0. The van der Waals surface area contributed by atoms with Crippen molar-refractivity contribution < 1.29 is 14.6 Å². The third-order valence-corrected chi connectivity index (χ3v) is 3.53. The van der Waals surface area contributed by atoms with Crippen LogP contribution < -0.4 is 0 Å². The lowest BCUT2D eigenvalue weighted by Crippen LogP contribution is -2.35. The van der Waals surface area contributed by atoms with Gasteiger partial charge in [0.25, 0.3) is 0 Å². The average Bonchev–Trinajstić information content (AvgIpc) is 2.80. The number of H-pyrrole nitrogens is 1. The number of rotatable bonds is 4. The number of carboxylic acids is 1. The maximum Gasteiger partial charge on any atom is 0.356 e. The van der Waals surface area contributed by atoms with E-state index in [0.29, 0.717) is 6.61 Å². The van der Waals surface area contributed by atoms with Gasteiger partial charge in [-0.2, -0.15) is 0 Å². The molecule has 1 saturated carbocycles. The molecule has 0 radical (unpaired) electrons. The molecule has 2 rings (SSSR count). The predicted octanol–water partition coefficient (Wildman–Crippen LogP) is 1.96. The number of nitrogens with zero attached hydrogens (tertiary/aromatic N) is 1. The number of imidazole rings is 1. The quantitative estimate of drug-likeness (QED) is 0.840. The Hall–Kier alpha value is -1.36. The summed E-state index contributed by atoms with van der Waals surface area (Å²) in [5.74, 6) is -0.229. The van der Waals surface area contributed by atoms with Crippen molar-refractivity contribution in [3.05, 3.63) is 17.7 Å². The molecule has 5 nitrogen and oxygen atoms in total. The van der Waals surface area contributed by atoms with Crippen LogP contribution in [0.4, 0.5) is 0 Å². The highest BCUT2D eigenvalue weighted by Gasteiger charge is 2.37. The van der Waals surface area contributed by atoms with E-state index in [9.17, 15) is 4.79 Å². The van der Waals surface area contributed by atoms with E-state index in [0.717, 1.165) is 31.5 Å². The molecule has 0 saturated heterocycles. The third-order valence-electron chi connectivity index (χ3n) is 3.53. The number of hydrogen-bond donors (Lipinski definition) is 2. The van der Waals surface area contributed by atoms with Crippen LogP contribution in [0, 0.1) is 0 Å². The van der Waals surface area contributed by atoms with Crippen molar-refractivity contribution in [3.8, 4) is 0 Å². The number of methoxy groups -OCH3 is 1. The van der Waals surface area contributed by atoms with E-state index in [1.54, 1.807) is 7.11 Å². The Bertz CT molecular complexity index is 389. The van der Waals surface area contributed by atoms with Crippen molar-refractivity contribution in [2.24, 2.45) is 0 Å². The molecule has 0 amide bonds. The molecule has 1 fully saturated rings. The van der Waals surface area contributed by atoms with Gasteiger partial charge < -0.3 is 14.8 Å². The fourth-order valence-corrected chi connectivity index (χ4v) is 2.66. The second kappa shape index (κ2) is 4.87. The van der Waals surface area contributed by atoms with Gasteiger partial charge in [0.15, 0.2) is 5.69 Å². The van der Waals surface area contributed by atoms with E-state index in [-0.39, 0.29) is 11.1 Å². The molecule has 17 heavy (non-hydrogen) atoms. The highest BCUT2D eigenvalue weighted by Crippen LogP contribution is 2.38. The van der Waals surface area contributed by atoms with Crippen molar-refractivity contribution in [1.82, 2.24) is 9.97 Å². The summed E-state index contributed by atoms with van der Waals surface area (Å²) in [6, 6.07) is 0. The van der Waals surface area contributed by atoms with E-state index in [4.69, 9.17) is 9.84 Å². The van der Waals surface area contributed by atoms with Crippen LogP contribution >= 0.6 is 0 Å². The van der Waals surface area contributed by atoms with Gasteiger partial charge in [0.1, 0.15) is 5.82 Å². The van der Waals surface area contributed by atoms with Crippen molar-refractivity contribution in [2.75, 3.05) is 13.7 Å². The number of carbonyl (C=O) groups is 1. The summed E-state index contributed by atoms with van der Waals surface area (Å²) in [7, 11) is 1.68. The molecule has 2 N–H and O–H groups in total. The molecule has 94 valence electrons. The van der Waals surface area contributed by atoms with Crippen LogP contribution in [-0.2, 0) is 10.2 Å². The van der Waals surface area contributed by atoms with Crippen LogP contribution in [0.1, 0.15) is 48.4 Å². The Kier molecular flexibility index (Phi) is 3.47. The zero-order valence-electron chi connectivity index (χ0n) is 10.0. The largest absolute Gasteiger partial charge is 0.476 e. The fraction of sp³-hybridized carbons (Fsp3) is 0.667. The van der Waals surface area contributed by atoms with Gasteiger partial charge in [-0.1, -0.05) is 19.3 Å². The molecule has 0 aromatic carbocycles. The predicted molar refractivity (Wildman–Crippen MR) is 62.2 cm³/mol. The van der Waals surface area contributed by atoms with E-state index in [1.165, 1.54) is 12.6 Å². The first-order chi connectivity index (χ1) is 8.18. The second-order valence-corrected chi connectivity index (χ2v) is 4.71. The summed E-state index contributed by atoms with van der Waals surface area (Å²) in [5.41, 5.74) is -0.0400. The van der Waals surface area contributed by atoms with Gasteiger partial charge in [0, 0.05) is 13.3 Å². The summed E-state index contributed by atoms with van der Waals surface area (Å²) in [6.45, 7) is 0.597. The molecule has 0 aliphatic heterocycles. The lowest BCUT2D eigenvalue weighted by molar-refractivity contribution is 0.0689. The summed E-state index contributed by atoms with van der Waals surface area (Å²) in [4.78, 5) is 18.0. The molecule has 0 bridgehead atoms. The highest BCUT2D eigenvalue weighted by atomic mass is 16.5. The number of hydrogen-bond acceptors (Lipinski definition) is 3. The molecular weight excluding hydrogens is 220 g/mol. The van der Waals surface area contributed by atoms with Gasteiger partial charge in [-0.05, 0) is 12.8 Å². The van der Waals surface area contributed by atoms with Crippen LogP contribution in [0.2, 0.25) is 0 Å². The molecule has 1 heterocycles. The fourth-order valence-electron chi connectivity index (χ4n) is 2.66. The first-order valence-corrected chi connectivity index (χ1v) is 5.96. The van der Waals surface area contributed by atoms with E-state index in [1.807, 2.05) is 0 Å². The van der Waals surface area contributed by atoms with Gasteiger partial charge >= 0.3 is 5.97 Å². The number of carboxylic acid groups (broad SMARTS) is 1.